The van der Waals surface area contributed by atoms with Gasteiger partial charge in [0, 0.05) is 11.6 Å². The fourth-order valence-corrected chi connectivity index (χ4v) is 3.23. The van der Waals surface area contributed by atoms with Crippen molar-refractivity contribution in [3.8, 4) is 5.69 Å². The van der Waals surface area contributed by atoms with Gasteiger partial charge in [0.05, 0.1) is 35.5 Å². The number of benzene rings is 1. The van der Waals surface area contributed by atoms with E-state index in [1.807, 2.05) is 28.9 Å². The molecule has 1 aromatic carbocycles. The average Bonchev–Trinajstić information content (AvgIpc) is 3.34. The number of imidazole rings is 1. The second kappa shape index (κ2) is 6.17. The van der Waals surface area contributed by atoms with Gasteiger partial charge in [0.25, 0.3) is 0 Å². The standard InChI is InChI=1S/C19H16N8/c1-12(25-19-17-18(22-10-21-17)23-11-24-19)16-14-6-2-3-7-15(14)27(26-16)13-5-4-8-20-9-13/h2-12H,1H3,(H2,21,22,23,24,25). The highest BCUT2D eigenvalue weighted by atomic mass is 15.3. The summed E-state index contributed by atoms with van der Waals surface area (Å²) < 4.78 is 1.92. The first-order chi connectivity index (χ1) is 13.3. The first-order valence-corrected chi connectivity index (χ1v) is 8.60. The summed E-state index contributed by atoms with van der Waals surface area (Å²) in [4.78, 5) is 20.0. The van der Waals surface area contributed by atoms with Gasteiger partial charge in [0.2, 0.25) is 0 Å². The van der Waals surface area contributed by atoms with Crippen LogP contribution in [0.2, 0.25) is 0 Å². The third-order valence-corrected chi connectivity index (χ3v) is 4.49. The minimum Gasteiger partial charge on any atom is -0.360 e. The summed E-state index contributed by atoms with van der Waals surface area (Å²) in [5, 5.41) is 9.38. The highest BCUT2D eigenvalue weighted by Crippen LogP contribution is 2.28. The van der Waals surface area contributed by atoms with Crippen molar-refractivity contribution in [1.82, 2.24) is 34.7 Å². The number of fused-ring (bicyclic) bond motifs is 2. The molecule has 0 radical (unpaired) electrons. The minimum absolute atomic E-state index is 0.0748. The highest BCUT2D eigenvalue weighted by Gasteiger charge is 2.18. The van der Waals surface area contributed by atoms with Crippen LogP contribution in [0.3, 0.4) is 0 Å². The summed E-state index contributed by atoms with van der Waals surface area (Å²) in [7, 11) is 0. The van der Waals surface area contributed by atoms with Crippen LogP contribution in [0.15, 0.2) is 61.4 Å². The topological polar surface area (TPSA) is 97.2 Å². The van der Waals surface area contributed by atoms with Crippen LogP contribution in [0.1, 0.15) is 18.7 Å². The predicted molar refractivity (Wildman–Crippen MR) is 103 cm³/mol. The number of aromatic nitrogens is 7. The first-order valence-electron chi connectivity index (χ1n) is 8.60. The van der Waals surface area contributed by atoms with Crippen molar-refractivity contribution < 1.29 is 0 Å². The zero-order chi connectivity index (χ0) is 18.2. The van der Waals surface area contributed by atoms with Crippen molar-refractivity contribution in [2.45, 2.75) is 13.0 Å². The number of aromatic amines is 1. The van der Waals surface area contributed by atoms with Crippen LogP contribution in [0, 0.1) is 0 Å². The van der Waals surface area contributed by atoms with Gasteiger partial charge in [-0.1, -0.05) is 18.2 Å². The summed E-state index contributed by atoms with van der Waals surface area (Å²) in [5.74, 6) is 0.699. The number of anilines is 1. The Morgan fingerprint density at radius 1 is 1.07 bits per heavy atom. The summed E-state index contributed by atoms with van der Waals surface area (Å²) in [6, 6.07) is 12.0. The number of pyridine rings is 1. The van der Waals surface area contributed by atoms with Gasteiger partial charge in [-0.05, 0) is 25.1 Å². The Hall–Kier alpha value is -3.81. The van der Waals surface area contributed by atoms with Crippen molar-refractivity contribution in [2.75, 3.05) is 5.32 Å². The van der Waals surface area contributed by atoms with Crippen LogP contribution in [0.5, 0.6) is 0 Å². The Kier molecular flexibility index (Phi) is 3.53. The van der Waals surface area contributed by atoms with E-state index in [1.54, 1.807) is 18.7 Å². The summed E-state index contributed by atoms with van der Waals surface area (Å²) in [5.41, 5.74) is 4.29. The van der Waals surface area contributed by atoms with E-state index >= 15 is 0 Å². The van der Waals surface area contributed by atoms with Gasteiger partial charge >= 0.3 is 0 Å². The molecular formula is C19H16N8. The van der Waals surface area contributed by atoms with Crippen LogP contribution in [0.4, 0.5) is 5.82 Å². The van der Waals surface area contributed by atoms with E-state index in [9.17, 15) is 0 Å². The molecule has 0 fully saturated rings. The normalized spacial score (nSPS) is 12.5. The molecule has 4 heterocycles. The molecule has 5 aromatic rings. The predicted octanol–water partition coefficient (Wildman–Crippen LogP) is 3.26. The second-order valence-electron chi connectivity index (χ2n) is 6.21. The molecular weight excluding hydrogens is 340 g/mol. The maximum absolute atomic E-state index is 4.87. The lowest BCUT2D eigenvalue weighted by Crippen LogP contribution is -2.10. The molecule has 27 heavy (non-hydrogen) atoms. The number of nitrogens with one attached hydrogen (secondary N) is 2. The third-order valence-electron chi connectivity index (χ3n) is 4.49. The highest BCUT2D eigenvalue weighted by molar-refractivity contribution is 5.85. The van der Waals surface area contributed by atoms with Crippen molar-refractivity contribution >= 4 is 27.9 Å². The molecule has 0 saturated carbocycles. The lowest BCUT2D eigenvalue weighted by atomic mass is 10.1. The molecule has 2 N–H and O–H groups in total. The van der Waals surface area contributed by atoms with Gasteiger partial charge in [-0.2, -0.15) is 5.10 Å². The van der Waals surface area contributed by atoms with E-state index < -0.39 is 0 Å². The van der Waals surface area contributed by atoms with Gasteiger partial charge < -0.3 is 10.3 Å². The van der Waals surface area contributed by atoms with E-state index in [4.69, 9.17) is 5.10 Å². The fourth-order valence-electron chi connectivity index (χ4n) is 3.23. The zero-order valence-electron chi connectivity index (χ0n) is 14.5. The quantitative estimate of drug-likeness (QED) is 0.513. The Balaban J connectivity index is 1.59. The molecule has 4 aromatic heterocycles. The maximum atomic E-state index is 4.87. The number of para-hydroxylation sites is 1. The molecule has 8 heteroatoms. The molecule has 0 aliphatic heterocycles. The molecule has 0 aliphatic carbocycles. The lowest BCUT2D eigenvalue weighted by Gasteiger charge is -2.13. The molecule has 0 saturated heterocycles. The largest absolute Gasteiger partial charge is 0.360 e. The lowest BCUT2D eigenvalue weighted by molar-refractivity contribution is 0.784. The Bertz CT molecular complexity index is 1220. The summed E-state index contributed by atoms with van der Waals surface area (Å²) in [6.07, 6.45) is 6.68. The molecule has 132 valence electrons. The summed E-state index contributed by atoms with van der Waals surface area (Å²) in [6.45, 7) is 2.06. The number of H-pyrrole nitrogens is 1. The molecule has 1 unspecified atom stereocenters. The van der Waals surface area contributed by atoms with Crippen LogP contribution >= 0.6 is 0 Å². The Labute approximate surface area is 154 Å². The minimum atomic E-state index is -0.0748. The molecule has 0 spiro atoms. The molecule has 0 bridgehead atoms. The average molecular weight is 356 g/mol. The van der Waals surface area contributed by atoms with E-state index in [0.29, 0.717) is 11.5 Å². The van der Waals surface area contributed by atoms with Crippen molar-refractivity contribution in [1.29, 1.82) is 0 Å². The van der Waals surface area contributed by atoms with Crippen LogP contribution < -0.4 is 5.32 Å². The number of rotatable bonds is 4. The van der Waals surface area contributed by atoms with Gasteiger partial charge in [0.1, 0.15) is 11.8 Å². The van der Waals surface area contributed by atoms with Crippen molar-refractivity contribution in [3.05, 3.63) is 67.1 Å². The Morgan fingerprint density at radius 2 is 2.00 bits per heavy atom. The van der Waals surface area contributed by atoms with Gasteiger partial charge in [-0.15, -0.1) is 0 Å². The zero-order valence-corrected chi connectivity index (χ0v) is 14.5. The van der Waals surface area contributed by atoms with Gasteiger partial charge in [0.15, 0.2) is 11.5 Å². The fraction of sp³-hybridized carbons (Fsp3) is 0.105. The van der Waals surface area contributed by atoms with Crippen LogP contribution in [-0.4, -0.2) is 34.7 Å². The molecule has 1 atom stereocenters. The molecule has 0 aliphatic rings. The van der Waals surface area contributed by atoms with E-state index in [1.165, 1.54) is 6.33 Å². The van der Waals surface area contributed by atoms with Gasteiger partial charge in [-0.3, -0.25) is 4.98 Å². The molecule has 8 nitrogen and oxygen atoms in total. The Morgan fingerprint density at radius 3 is 2.89 bits per heavy atom. The monoisotopic (exact) mass is 356 g/mol. The third kappa shape index (κ3) is 2.58. The van der Waals surface area contributed by atoms with Crippen molar-refractivity contribution in [3.63, 3.8) is 0 Å². The SMILES string of the molecule is CC(Nc1ncnc2nc[nH]c12)c1nn(-c2cccnc2)c2ccccc12. The first kappa shape index (κ1) is 15.4. The van der Waals surface area contributed by atoms with Crippen molar-refractivity contribution in [2.24, 2.45) is 0 Å². The van der Waals surface area contributed by atoms with Crippen LogP contribution in [0.25, 0.3) is 27.8 Å². The van der Waals surface area contributed by atoms with E-state index in [0.717, 1.165) is 27.8 Å². The number of hydrogen-bond acceptors (Lipinski definition) is 6. The van der Waals surface area contributed by atoms with Crippen LogP contribution in [-0.2, 0) is 0 Å². The van der Waals surface area contributed by atoms with Gasteiger partial charge in [-0.25, -0.2) is 19.6 Å². The van der Waals surface area contributed by atoms with E-state index in [-0.39, 0.29) is 6.04 Å². The smallest absolute Gasteiger partial charge is 0.182 e. The molecule has 0 amide bonds. The molecule has 5 rings (SSSR count). The maximum Gasteiger partial charge on any atom is 0.182 e. The summed E-state index contributed by atoms with van der Waals surface area (Å²) >= 11 is 0. The number of hydrogen-bond donors (Lipinski definition) is 2. The number of nitrogens with zero attached hydrogens (tertiary/aromatic N) is 6. The van der Waals surface area contributed by atoms with E-state index in [2.05, 4.69) is 49.3 Å². The second-order valence-corrected chi connectivity index (χ2v) is 6.21.